The van der Waals surface area contributed by atoms with Crippen LogP contribution in [-0.4, -0.2) is 0 Å². The number of halogens is 1. The molecular formula is C21H21Cl. The molecule has 0 fully saturated rings. The zero-order valence-electron chi connectivity index (χ0n) is 13.6. The summed E-state index contributed by atoms with van der Waals surface area (Å²) in [5.74, 6) is 0.406. The maximum atomic E-state index is 6.44. The molecule has 1 unspecified atom stereocenters. The van der Waals surface area contributed by atoms with Gasteiger partial charge in [-0.05, 0) is 45.2 Å². The molecule has 0 heterocycles. The van der Waals surface area contributed by atoms with Crippen molar-refractivity contribution in [3.8, 4) is 0 Å². The van der Waals surface area contributed by atoms with E-state index < -0.39 is 0 Å². The fraction of sp³-hybridized carbons (Fsp3) is 0.238. The number of rotatable bonds is 1. The maximum absolute atomic E-state index is 6.44. The van der Waals surface area contributed by atoms with E-state index in [0.717, 1.165) is 5.03 Å². The first-order valence-corrected chi connectivity index (χ1v) is 8.40. The van der Waals surface area contributed by atoms with Gasteiger partial charge in [0.05, 0.1) is 0 Å². The largest absolute Gasteiger partial charge is 0.0840 e. The normalized spacial score (nSPS) is 16.2. The molecule has 0 aliphatic heterocycles. The van der Waals surface area contributed by atoms with Gasteiger partial charge < -0.3 is 0 Å². The molecule has 22 heavy (non-hydrogen) atoms. The Balaban J connectivity index is 0.000000693. The fourth-order valence-electron chi connectivity index (χ4n) is 3.58. The smallest absolute Gasteiger partial charge is 0.0438 e. The first kappa shape index (κ1) is 15.1. The van der Waals surface area contributed by atoms with E-state index in [4.69, 9.17) is 11.6 Å². The van der Waals surface area contributed by atoms with Crippen LogP contribution in [0.4, 0.5) is 0 Å². The van der Waals surface area contributed by atoms with Crippen LogP contribution in [0.2, 0.25) is 0 Å². The van der Waals surface area contributed by atoms with Gasteiger partial charge in [0.1, 0.15) is 0 Å². The highest BCUT2D eigenvalue weighted by atomic mass is 35.5. The van der Waals surface area contributed by atoms with Crippen LogP contribution in [0.3, 0.4) is 0 Å². The van der Waals surface area contributed by atoms with Crippen LogP contribution in [0.5, 0.6) is 0 Å². The van der Waals surface area contributed by atoms with Gasteiger partial charge in [-0.15, -0.1) is 0 Å². The van der Waals surface area contributed by atoms with Crippen molar-refractivity contribution < 1.29 is 0 Å². The Morgan fingerprint density at radius 1 is 0.955 bits per heavy atom. The summed E-state index contributed by atoms with van der Waals surface area (Å²) in [7, 11) is 0. The molecule has 0 saturated heterocycles. The average molecular weight is 309 g/mol. The highest BCUT2D eigenvalue weighted by Crippen LogP contribution is 2.47. The van der Waals surface area contributed by atoms with Gasteiger partial charge in [-0.1, -0.05) is 80.9 Å². The summed E-state index contributed by atoms with van der Waals surface area (Å²) in [4.78, 5) is 0. The third-order valence-corrected chi connectivity index (χ3v) is 4.93. The van der Waals surface area contributed by atoms with Crippen LogP contribution in [0.15, 0.2) is 48.5 Å². The third kappa shape index (κ3) is 1.98. The summed E-state index contributed by atoms with van der Waals surface area (Å²) >= 11 is 6.44. The van der Waals surface area contributed by atoms with Crippen molar-refractivity contribution >= 4 is 38.2 Å². The van der Waals surface area contributed by atoms with Gasteiger partial charge in [-0.25, -0.2) is 0 Å². The summed E-state index contributed by atoms with van der Waals surface area (Å²) in [6, 6.07) is 15.4. The minimum Gasteiger partial charge on any atom is -0.0840 e. The monoisotopic (exact) mass is 308 g/mol. The molecule has 0 amide bonds. The van der Waals surface area contributed by atoms with E-state index in [1.165, 1.54) is 38.2 Å². The van der Waals surface area contributed by atoms with Gasteiger partial charge >= 0.3 is 0 Å². The quantitative estimate of drug-likeness (QED) is 0.421. The Hall–Kier alpha value is -1.79. The van der Waals surface area contributed by atoms with E-state index in [2.05, 4.69) is 49.4 Å². The molecule has 0 spiro atoms. The number of hydrogen-bond donors (Lipinski definition) is 0. The second-order valence-corrected chi connectivity index (χ2v) is 5.90. The Morgan fingerprint density at radius 2 is 1.59 bits per heavy atom. The molecule has 1 atom stereocenters. The van der Waals surface area contributed by atoms with Crippen LogP contribution in [-0.2, 0) is 0 Å². The zero-order valence-corrected chi connectivity index (χ0v) is 14.3. The van der Waals surface area contributed by atoms with Crippen LogP contribution >= 0.6 is 11.6 Å². The van der Waals surface area contributed by atoms with E-state index in [1.54, 1.807) is 0 Å². The molecule has 0 N–H and O–H groups in total. The minimum absolute atomic E-state index is 0.406. The molecule has 4 rings (SSSR count). The van der Waals surface area contributed by atoms with E-state index >= 15 is 0 Å². The van der Waals surface area contributed by atoms with Crippen LogP contribution in [0.25, 0.3) is 26.6 Å². The highest BCUT2D eigenvalue weighted by molar-refractivity contribution is 6.49. The van der Waals surface area contributed by atoms with Crippen molar-refractivity contribution in [1.29, 1.82) is 0 Å². The maximum Gasteiger partial charge on any atom is 0.0438 e. The first-order chi connectivity index (χ1) is 10.7. The predicted octanol–water partition coefficient (Wildman–Crippen LogP) is 7.08. The summed E-state index contributed by atoms with van der Waals surface area (Å²) in [6.45, 7) is 8.28. The second-order valence-electron chi connectivity index (χ2n) is 5.49. The molecule has 1 heteroatoms. The summed E-state index contributed by atoms with van der Waals surface area (Å²) in [5, 5.41) is 6.29. The van der Waals surface area contributed by atoms with E-state index in [-0.39, 0.29) is 0 Å². The summed E-state index contributed by atoms with van der Waals surface area (Å²) in [6.07, 6.45) is 1.98. The standard InChI is InChI=1S/C19H15Cl.C2H6/c1-3-16(20)15-10-9-13-8-7-12-5-4-6-14-11(2)17(15)19(13)18(12)14;1-2/h3-11H,1-2H3;1-2H3/b16-3+;. The van der Waals surface area contributed by atoms with Crippen molar-refractivity contribution in [2.75, 3.05) is 0 Å². The number of allylic oxidation sites excluding steroid dienone is 1. The highest BCUT2D eigenvalue weighted by Gasteiger charge is 2.26. The van der Waals surface area contributed by atoms with Crippen LogP contribution in [0.1, 0.15) is 50.3 Å². The lowest BCUT2D eigenvalue weighted by atomic mass is 9.93. The summed E-state index contributed by atoms with van der Waals surface area (Å²) in [5.41, 5.74) is 3.99. The minimum atomic E-state index is 0.406. The van der Waals surface area contributed by atoms with Gasteiger partial charge in [0.2, 0.25) is 0 Å². The SMILES string of the molecule is C/C=C(/Cl)c1ccc2ccc3cccc4c3c2c1C4C.CC. The summed E-state index contributed by atoms with van der Waals surface area (Å²) < 4.78 is 0. The van der Waals surface area contributed by atoms with Gasteiger partial charge in [-0.2, -0.15) is 0 Å². The molecule has 0 radical (unpaired) electrons. The second kappa shape index (κ2) is 5.78. The van der Waals surface area contributed by atoms with Crippen molar-refractivity contribution in [1.82, 2.24) is 0 Å². The zero-order chi connectivity index (χ0) is 15.9. The lowest BCUT2D eigenvalue weighted by molar-refractivity contribution is 0.957. The average Bonchev–Trinajstić information content (AvgIpc) is 2.89. The van der Waals surface area contributed by atoms with Gasteiger partial charge in [0, 0.05) is 11.0 Å². The number of hydrogen-bond acceptors (Lipinski definition) is 0. The van der Waals surface area contributed by atoms with Gasteiger partial charge in [-0.3, -0.25) is 0 Å². The topological polar surface area (TPSA) is 0 Å². The molecule has 0 nitrogen and oxygen atoms in total. The Bertz CT molecular complexity index is 887. The Kier molecular flexibility index (Phi) is 3.97. The molecule has 0 aromatic heterocycles. The van der Waals surface area contributed by atoms with Crippen molar-refractivity contribution in [3.63, 3.8) is 0 Å². The van der Waals surface area contributed by atoms with Crippen LogP contribution in [0, 0.1) is 0 Å². The van der Waals surface area contributed by atoms with Crippen LogP contribution < -0.4 is 0 Å². The first-order valence-electron chi connectivity index (χ1n) is 8.03. The molecule has 3 aromatic carbocycles. The lowest BCUT2D eigenvalue weighted by Crippen LogP contribution is -1.95. The lowest BCUT2D eigenvalue weighted by Gasteiger charge is -2.13. The van der Waals surface area contributed by atoms with Crippen molar-refractivity contribution in [2.24, 2.45) is 0 Å². The van der Waals surface area contributed by atoms with Gasteiger partial charge in [0.15, 0.2) is 0 Å². The Labute approximate surface area is 137 Å². The molecule has 0 bridgehead atoms. The van der Waals surface area contributed by atoms with Crippen molar-refractivity contribution in [3.05, 3.63) is 65.2 Å². The van der Waals surface area contributed by atoms with E-state index in [1.807, 2.05) is 26.8 Å². The molecule has 3 aromatic rings. The van der Waals surface area contributed by atoms with E-state index in [9.17, 15) is 0 Å². The predicted molar refractivity (Wildman–Crippen MR) is 99.8 cm³/mol. The Morgan fingerprint density at radius 3 is 2.27 bits per heavy atom. The van der Waals surface area contributed by atoms with Crippen molar-refractivity contribution in [2.45, 2.75) is 33.6 Å². The molecular weight excluding hydrogens is 288 g/mol. The fourth-order valence-corrected chi connectivity index (χ4v) is 3.74. The van der Waals surface area contributed by atoms with E-state index in [0.29, 0.717) is 5.92 Å². The molecule has 1 aliphatic carbocycles. The number of benzene rings is 3. The van der Waals surface area contributed by atoms with Gasteiger partial charge in [0.25, 0.3) is 0 Å². The third-order valence-electron chi connectivity index (χ3n) is 4.51. The molecule has 0 saturated carbocycles. The molecule has 1 aliphatic rings. The molecule has 112 valence electrons.